The number of nitrogens with zero attached hydrogens (tertiary/aromatic N) is 3. The minimum absolute atomic E-state index is 0.00929. The number of rotatable bonds is 1. The van der Waals surface area contributed by atoms with Crippen molar-refractivity contribution in [3.05, 3.63) is 17.0 Å². The highest BCUT2D eigenvalue weighted by atomic mass is 35.5. The standard InChI is InChI=1S/C15H17ClF5N3/c16-10-8-11(23-12(22-10)15(19,20)21)24-7-6-14(17,18)13(9-24)4-2-1-3-5-13/h8H,1-7,9H2. The summed E-state index contributed by atoms with van der Waals surface area (Å²) in [6.07, 6.45) is -2.04. The third-order valence-electron chi connectivity index (χ3n) is 5.03. The van der Waals surface area contributed by atoms with Gasteiger partial charge in [-0.15, -0.1) is 0 Å². The van der Waals surface area contributed by atoms with Crippen LogP contribution in [0.2, 0.25) is 5.15 Å². The van der Waals surface area contributed by atoms with Gasteiger partial charge in [-0.1, -0.05) is 30.9 Å². The lowest BCUT2D eigenvalue weighted by molar-refractivity contribution is -0.150. The quantitative estimate of drug-likeness (QED) is 0.518. The Morgan fingerprint density at radius 2 is 1.71 bits per heavy atom. The molecule has 0 N–H and O–H groups in total. The first-order valence-electron chi connectivity index (χ1n) is 7.88. The fourth-order valence-electron chi connectivity index (χ4n) is 3.74. The first-order chi connectivity index (χ1) is 11.1. The summed E-state index contributed by atoms with van der Waals surface area (Å²) in [5.41, 5.74) is -1.20. The van der Waals surface area contributed by atoms with Crippen molar-refractivity contribution in [3.8, 4) is 0 Å². The molecule has 1 aliphatic carbocycles. The van der Waals surface area contributed by atoms with Gasteiger partial charge >= 0.3 is 6.18 Å². The first-order valence-corrected chi connectivity index (χ1v) is 8.25. The zero-order chi connectivity index (χ0) is 17.6. The number of hydrogen-bond donors (Lipinski definition) is 0. The van der Waals surface area contributed by atoms with Crippen molar-refractivity contribution < 1.29 is 22.0 Å². The van der Waals surface area contributed by atoms with Crippen LogP contribution in [-0.4, -0.2) is 29.0 Å². The average molecular weight is 370 g/mol. The molecule has 0 unspecified atom stereocenters. The van der Waals surface area contributed by atoms with Crippen LogP contribution in [0.5, 0.6) is 0 Å². The highest BCUT2D eigenvalue weighted by molar-refractivity contribution is 6.29. The van der Waals surface area contributed by atoms with Crippen LogP contribution in [-0.2, 0) is 6.18 Å². The molecular weight excluding hydrogens is 353 g/mol. The maximum absolute atomic E-state index is 14.5. The lowest BCUT2D eigenvalue weighted by Gasteiger charge is -2.50. The highest BCUT2D eigenvalue weighted by Crippen LogP contribution is 2.52. The molecule has 2 fully saturated rings. The third-order valence-corrected chi connectivity index (χ3v) is 5.23. The molecule has 9 heteroatoms. The molecule has 2 aliphatic rings. The van der Waals surface area contributed by atoms with E-state index in [9.17, 15) is 22.0 Å². The van der Waals surface area contributed by atoms with E-state index >= 15 is 0 Å². The fourth-order valence-corrected chi connectivity index (χ4v) is 3.92. The largest absolute Gasteiger partial charge is 0.451 e. The minimum Gasteiger partial charge on any atom is -0.355 e. The lowest BCUT2D eigenvalue weighted by atomic mass is 9.66. The first kappa shape index (κ1) is 17.6. The van der Waals surface area contributed by atoms with Gasteiger partial charge in [-0.05, 0) is 12.8 Å². The molecule has 1 saturated carbocycles. The number of piperidine rings is 1. The van der Waals surface area contributed by atoms with Gasteiger partial charge in [0.1, 0.15) is 11.0 Å². The lowest BCUT2D eigenvalue weighted by Crippen LogP contribution is -2.56. The van der Waals surface area contributed by atoms with E-state index in [4.69, 9.17) is 11.6 Å². The van der Waals surface area contributed by atoms with Crippen molar-refractivity contribution in [3.63, 3.8) is 0 Å². The van der Waals surface area contributed by atoms with Gasteiger partial charge in [0, 0.05) is 25.6 Å². The van der Waals surface area contributed by atoms with Gasteiger partial charge in [-0.2, -0.15) is 13.2 Å². The Kier molecular flexibility index (Phi) is 4.38. The molecule has 1 saturated heterocycles. The fraction of sp³-hybridized carbons (Fsp3) is 0.733. The molecule has 0 atom stereocenters. The SMILES string of the molecule is FC(F)(F)c1nc(Cl)cc(N2CCC(F)(F)C3(CCCCC3)C2)n1. The average Bonchev–Trinajstić information content (AvgIpc) is 2.50. The highest BCUT2D eigenvalue weighted by Gasteiger charge is 2.56. The number of hydrogen-bond acceptors (Lipinski definition) is 3. The van der Waals surface area contributed by atoms with Gasteiger partial charge in [0.05, 0.1) is 5.41 Å². The Labute approximate surface area is 141 Å². The topological polar surface area (TPSA) is 29.0 Å². The van der Waals surface area contributed by atoms with Gasteiger partial charge < -0.3 is 4.90 Å². The van der Waals surface area contributed by atoms with Crippen molar-refractivity contribution in [2.45, 2.75) is 50.6 Å². The molecule has 0 aromatic carbocycles. The van der Waals surface area contributed by atoms with Gasteiger partial charge in [0.15, 0.2) is 0 Å². The monoisotopic (exact) mass is 369 g/mol. The summed E-state index contributed by atoms with van der Waals surface area (Å²) in [5, 5.41) is -0.345. The molecule has 1 aromatic rings. The Hall–Kier alpha value is -1.18. The van der Waals surface area contributed by atoms with Crippen LogP contribution < -0.4 is 4.90 Å². The van der Waals surface area contributed by atoms with Crippen LogP contribution in [0.3, 0.4) is 0 Å². The minimum atomic E-state index is -4.73. The van der Waals surface area contributed by atoms with E-state index in [-0.39, 0.29) is 24.1 Å². The number of aromatic nitrogens is 2. The predicted molar refractivity (Wildman–Crippen MR) is 79.3 cm³/mol. The van der Waals surface area contributed by atoms with Gasteiger partial charge in [-0.25, -0.2) is 18.7 Å². The molecule has 0 amide bonds. The summed E-state index contributed by atoms with van der Waals surface area (Å²) in [4.78, 5) is 8.19. The summed E-state index contributed by atoms with van der Waals surface area (Å²) in [6.45, 7) is -0.0654. The van der Waals surface area contributed by atoms with E-state index in [0.29, 0.717) is 25.7 Å². The van der Waals surface area contributed by atoms with E-state index < -0.39 is 29.8 Å². The van der Waals surface area contributed by atoms with Crippen molar-refractivity contribution in [1.82, 2.24) is 9.97 Å². The van der Waals surface area contributed by atoms with Crippen LogP contribution in [0.25, 0.3) is 0 Å². The second-order valence-electron chi connectivity index (χ2n) is 6.59. The molecule has 0 bridgehead atoms. The second-order valence-corrected chi connectivity index (χ2v) is 6.97. The maximum atomic E-state index is 14.5. The summed E-state index contributed by atoms with van der Waals surface area (Å²) >= 11 is 5.68. The molecular formula is C15H17ClF5N3. The van der Waals surface area contributed by atoms with Crippen LogP contribution in [0.4, 0.5) is 27.8 Å². The summed E-state index contributed by atoms with van der Waals surface area (Å²) in [7, 11) is 0. The molecule has 1 aromatic heterocycles. The number of alkyl halides is 5. The molecule has 134 valence electrons. The molecule has 2 heterocycles. The van der Waals surface area contributed by atoms with Crippen molar-refractivity contribution in [1.29, 1.82) is 0 Å². The van der Waals surface area contributed by atoms with Crippen molar-refractivity contribution in [2.75, 3.05) is 18.0 Å². The Morgan fingerprint density at radius 1 is 1.04 bits per heavy atom. The summed E-state index contributed by atoms with van der Waals surface area (Å²) in [5.74, 6) is -4.20. The predicted octanol–water partition coefficient (Wildman–Crippen LogP) is 4.94. The molecule has 0 radical (unpaired) electrons. The van der Waals surface area contributed by atoms with Gasteiger partial charge in [0.25, 0.3) is 5.92 Å². The van der Waals surface area contributed by atoms with E-state index in [2.05, 4.69) is 9.97 Å². The van der Waals surface area contributed by atoms with E-state index in [1.807, 2.05) is 0 Å². The number of halogens is 6. The van der Waals surface area contributed by atoms with E-state index in [1.165, 1.54) is 11.0 Å². The molecule has 1 spiro atoms. The second kappa shape index (κ2) is 5.97. The summed E-state index contributed by atoms with van der Waals surface area (Å²) in [6, 6.07) is 1.21. The van der Waals surface area contributed by atoms with Gasteiger partial charge in [0.2, 0.25) is 5.82 Å². The Balaban J connectivity index is 1.92. The zero-order valence-corrected chi connectivity index (χ0v) is 13.6. The van der Waals surface area contributed by atoms with Crippen LogP contribution >= 0.6 is 11.6 Å². The van der Waals surface area contributed by atoms with E-state index in [1.54, 1.807) is 0 Å². The van der Waals surface area contributed by atoms with Crippen LogP contribution in [0.15, 0.2) is 6.07 Å². The third kappa shape index (κ3) is 3.17. The number of anilines is 1. The Bertz CT molecular complexity index is 614. The maximum Gasteiger partial charge on any atom is 0.451 e. The zero-order valence-electron chi connectivity index (χ0n) is 12.8. The Morgan fingerprint density at radius 3 is 2.33 bits per heavy atom. The smallest absolute Gasteiger partial charge is 0.355 e. The molecule has 3 rings (SSSR count). The molecule has 1 aliphatic heterocycles. The van der Waals surface area contributed by atoms with E-state index in [0.717, 1.165) is 6.42 Å². The van der Waals surface area contributed by atoms with Gasteiger partial charge in [-0.3, -0.25) is 0 Å². The van der Waals surface area contributed by atoms with Crippen molar-refractivity contribution in [2.24, 2.45) is 5.41 Å². The van der Waals surface area contributed by atoms with Crippen LogP contribution in [0.1, 0.15) is 44.3 Å². The normalized spacial score (nSPS) is 23.5. The van der Waals surface area contributed by atoms with Crippen molar-refractivity contribution >= 4 is 17.4 Å². The molecule has 24 heavy (non-hydrogen) atoms. The van der Waals surface area contributed by atoms with Crippen LogP contribution in [0, 0.1) is 5.41 Å². The molecule has 3 nitrogen and oxygen atoms in total. The summed E-state index contributed by atoms with van der Waals surface area (Å²) < 4.78 is 67.6.